The minimum Gasteiger partial charge on any atom is -0.378 e. The van der Waals surface area contributed by atoms with Gasteiger partial charge in [-0.2, -0.15) is 0 Å². The normalized spacial score (nSPS) is 18.1. The number of hydrogen-bond donors (Lipinski definition) is 1. The number of fused-ring (bicyclic) bond motifs is 1. The summed E-state index contributed by atoms with van der Waals surface area (Å²) >= 11 is 0. The van der Waals surface area contributed by atoms with Crippen LogP contribution in [0.25, 0.3) is 11.0 Å². The topological polar surface area (TPSA) is 72.0 Å². The molecule has 1 saturated carbocycles. The lowest BCUT2D eigenvalue weighted by molar-refractivity contribution is -0.0719. The molecule has 0 unspecified atom stereocenters. The molecule has 1 aromatic carbocycles. The minimum atomic E-state index is -3.27. The lowest BCUT2D eigenvalue weighted by Crippen LogP contribution is -2.41. The maximum atomic E-state index is 11.8. The van der Waals surface area contributed by atoms with Crippen molar-refractivity contribution in [3.05, 3.63) is 24.0 Å². The SMILES string of the molecule is COC1(Cc2nc3c(S(C)(=O)=O)cccc3[nH]2)CCC1. The quantitative estimate of drug-likeness (QED) is 0.937. The maximum absolute atomic E-state index is 11.8. The van der Waals surface area contributed by atoms with Gasteiger partial charge in [-0.15, -0.1) is 0 Å². The largest absolute Gasteiger partial charge is 0.378 e. The lowest BCUT2D eigenvalue weighted by Gasteiger charge is -2.39. The number of para-hydroxylation sites is 1. The van der Waals surface area contributed by atoms with Crippen LogP contribution in [0.4, 0.5) is 0 Å². The fourth-order valence-corrected chi connectivity index (χ4v) is 3.60. The molecule has 2 aromatic rings. The molecular formula is C14H18N2O3S. The summed E-state index contributed by atoms with van der Waals surface area (Å²) in [5, 5.41) is 0. The summed E-state index contributed by atoms with van der Waals surface area (Å²) in [5.74, 6) is 0.789. The third-order valence-corrected chi connectivity index (χ3v) is 5.24. The maximum Gasteiger partial charge on any atom is 0.177 e. The van der Waals surface area contributed by atoms with E-state index in [1.165, 1.54) is 12.7 Å². The first-order chi connectivity index (χ1) is 9.43. The molecule has 20 heavy (non-hydrogen) atoms. The molecule has 1 aromatic heterocycles. The predicted molar refractivity (Wildman–Crippen MR) is 76.5 cm³/mol. The van der Waals surface area contributed by atoms with Crippen LogP contribution in [-0.2, 0) is 21.0 Å². The molecule has 1 N–H and O–H groups in total. The number of nitrogens with zero attached hydrogens (tertiary/aromatic N) is 1. The van der Waals surface area contributed by atoms with Gasteiger partial charge in [-0.25, -0.2) is 13.4 Å². The standard InChI is InChI=1S/C14H18N2O3S/c1-19-14(7-4-8-14)9-12-15-10-5-3-6-11(13(10)16-12)20(2,17)18/h3,5-6H,4,7-9H2,1-2H3,(H,15,16). The van der Waals surface area contributed by atoms with E-state index in [1.807, 2.05) is 6.07 Å². The summed E-state index contributed by atoms with van der Waals surface area (Å²) < 4.78 is 29.2. The first-order valence-corrected chi connectivity index (χ1v) is 8.55. The smallest absolute Gasteiger partial charge is 0.177 e. The molecule has 0 spiro atoms. The van der Waals surface area contributed by atoms with Crippen molar-refractivity contribution < 1.29 is 13.2 Å². The van der Waals surface area contributed by atoms with E-state index in [2.05, 4.69) is 9.97 Å². The second kappa shape index (κ2) is 4.56. The van der Waals surface area contributed by atoms with Gasteiger partial charge in [-0.1, -0.05) is 6.07 Å². The van der Waals surface area contributed by atoms with Gasteiger partial charge in [0.2, 0.25) is 0 Å². The molecule has 6 heteroatoms. The number of imidazole rings is 1. The molecule has 0 saturated heterocycles. The van der Waals surface area contributed by atoms with Crippen LogP contribution in [0.1, 0.15) is 25.1 Å². The number of hydrogen-bond acceptors (Lipinski definition) is 4. The summed E-state index contributed by atoms with van der Waals surface area (Å²) in [6.45, 7) is 0. The molecule has 3 rings (SSSR count). The number of benzene rings is 1. The van der Waals surface area contributed by atoms with Gasteiger partial charge in [0.05, 0.1) is 16.0 Å². The van der Waals surface area contributed by atoms with E-state index in [1.54, 1.807) is 19.2 Å². The number of sulfone groups is 1. The van der Waals surface area contributed by atoms with Gasteiger partial charge in [0.15, 0.2) is 9.84 Å². The Bertz CT molecular complexity index is 739. The third kappa shape index (κ3) is 2.23. The molecule has 0 aliphatic heterocycles. The minimum absolute atomic E-state index is 0.126. The average molecular weight is 294 g/mol. The Labute approximate surface area is 118 Å². The van der Waals surface area contributed by atoms with Crippen LogP contribution < -0.4 is 0 Å². The van der Waals surface area contributed by atoms with Gasteiger partial charge in [-0.3, -0.25) is 0 Å². The highest BCUT2D eigenvalue weighted by molar-refractivity contribution is 7.91. The van der Waals surface area contributed by atoms with Crippen LogP contribution in [0.2, 0.25) is 0 Å². The van der Waals surface area contributed by atoms with Crippen molar-refractivity contribution in [1.29, 1.82) is 0 Å². The molecule has 1 aliphatic rings. The van der Waals surface area contributed by atoms with Gasteiger partial charge in [0.25, 0.3) is 0 Å². The zero-order valence-electron chi connectivity index (χ0n) is 11.6. The first kappa shape index (κ1) is 13.6. The van der Waals surface area contributed by atoms with Crippen LogP contribution in [0.3, 0.4) is 0 Å². The zero-order chi connectivity index (χ0) is 14.4. The second-order valence-corrected chi connectivity index (χ2v) is 7.51. The number of H-pyrrole nitrogens is 1. The fraction of sp³-hybridized carbons (Fsp3) is 0.500. The molecule has 108 valence electrons. The van der Waals surface area contributed by atoms with E-state index in [4.69, 9.17) is 4.74 Å². The van der Waals surface area contributed by atoms with Crippen molar-refractivity contribution in [3.8, 4) is 0 Å². The van der Waals surface area contributed by atoms with Crippen LogP contribution in [0.5, 0.6) is 0 Å². The Balaban J connectivity index is 2.03. The summed E-state index contributed by atoms with van der Waals surface area (Å²) in [4.78, 5) is 7.97. The summed E-state index contributed by atoms with van der Waals surface area (Å²) in [6, 6.07) is 5.18. The molecular weight excluding hydrogens is 276 g/mol. The number of aromatic amines is 1. The Morgan fingerprint density at radius 2 is 2.15 bits per heavy atom. The van der Waals surface area contributed by atoms with Crippen molar-refractivity contribution in [2.45, 2.75) is 36.2 Å². The number of ether oxygens (including phenoxy) is 1. The second-order valence-electron chi connectivity index (χ2n) is 5.53. The first-order valence-electron chi connectivity index (χ1n) is 6.66. The van der Waals surface area contributed by atoms with Crippen molar-refractivity contribution in [3.63, 3.8) is 0 Å². The molecule has 1 aliphatic carbocycles. The van der Waals surface area contributed by atoms with Crippen LogP contribution in [-0.4, -0.2) is 37.4 Å². The van der Waals surface area contributed by atoms with E-state index in [0.29, 0.717) is 11.9 Å². The van der Waals surface area contributed by atoms with Crippen molar-refractivity contribution in [2.75, 3.05) is 13.4 Å². The van der Waals surface area contributed by atoms with E-state index in [0.717, 1.165) is 24.2 Å². The van der Waals surface area contributed by atoms with Gasteiger partial charge >= 0.3 is 0 Å². The number of rotatable bonds is 4. The summed E-state index contributed by atoms with van der Waals surface area (Å²) in [7, 11) is -1.54. The van der Waals surface area contributed by atoms with E-state index < -0.39 is 9.84 Å². The molecule has 0 atom stereocenters. The van der Waals surface area contributed by atoms with E-state index in [-0.39, 0.29) is 10.5 Å². The van der Waals surface area contributed by atoms with Crippen LogP contribution in [0, 0.1) is 0 Å². The van der Waals surface area contributed by atoms with Crippen molar-refractivity contribution in [1.82, 2.24) is 9.97 Å². The molecule has 0 amide bonds. The molecule has 5 nitrogen and oxygen atoms in total. The Morgan fingerprint density at radius 3 is 2.70 bits per heavy atom. The highest BCUT2D eigenvalue weighted by Gasteiger charge is 2.38. The lowest BCUT2D eigenvalue weighted by atomic mass is 9.77. The van der Waals surface area contributed by atoms with Crippen molar-refractivity contribution >= 4 is 20.9 Å². The van der Waals surface area contributed by atoms with Gasteiger partial charge < -0.3 is 9.72 Å². The Hall–Kier alpha value is -1.40. The van der Waals surface area contributed by atoms with Crippen molar-refractivity contribution in [2.24, 2.45) is 0 Å². The Morgan fingerprint density at radius 1 is 1.40 bits per heavy atom. The van der Waals surface area contributed by atoms with Gasteiger partial charge in [0.1, 0.15) is 11.3 Å². The Kier molecular flexibility index (Phi) is 3.10. The third-order valence-electron chi connectivity index (χ3n) is 4.11. The summed E-state index contributed by atoms with van der Waals surface area (Å²) in [6.07, 6.45) is 5.13. The van der Waals surface area contributed by atoms with Gasteiger partial charge in [-0.05, 0) is 31.4 Å². The van der Waals surface area contributed by atoms with Crippen LogP contribution in [0.15, 0.2) is 23.1 Å². The van der Waals surface area contributed by atoms with E-state index >= 15 is 0 Å². The molecule has 0 radical (unpaired) electrons. The molecule has 1 fully saturated rings. The highest BCUT2D eigenvalue weighted by Crippen LogP contribution is 2.37. The van der Waals surface area contributed by atoms with Gasteiger partial charge in [0, 0.05) is 19.8 Å². The zero-order valence-corrected chi connectivity index (χ0v) is 12.5. The average Bonchev–Trinajstić information content (AvgIpc) is 2.74. The number of methoxy groups -OCH3 is 1. The van der Waals surface area contributed by atoms with Crippen LogP contribution >= 0.6 is 0 Å². The van der Waals surface area contributed by atoms with E-state index in [9.17, 15) is 8.42 Å². The highest BCUT2D eigenvalue weighted by atomic mass is 32.2. The predicted octanol–water partition coefficient (Wildman–Crippen LogP) is 2.08. The number of aromatic nitrogens is 2. The summed E-state index contributed by atoms with van der Waals surface area (Å²) in [5.41, 5.74) is 1.16. The molecule has 0 bridgehead atoms. The fourth-order valence-electron chi connectivity index (χ4n) is 2.77. The number of nitrogens with one attached hydrogen (secondary N) is 1. The molecule has 1 heterocycles. The monoisotopic (exact) mass is 294 g/mol.